The van der Waals surface area contributed by atoms with Crippen LogP contribution >= 0.6 is 0 Å². The number of fused-ring (bicyclic) bond motifs is 1. The van der Waals surface area contributed by atoms with Crippen molar-refractivity contribution in [3.63, 3.8) is 0 Å². The van der Waals surface area contributed by atoms with Crippen LogP contribution in [0.1, 0.15) is 34.9 Å². The van der Waals surface area contributed by atoms with Gasteiger partial charge in [0.2, 0.25) is 0 Å². The number of aromatic amines is 1. The van der Waals surface area contributed by atoms with Crippen molar-refractivity contribution in [1.82, 2.24) is 25.1 Å². The molecule has 156 valence electrons. The maximum absolute atomic E-state index is 12.9. The highest BCUT2D eigenvalue weighted by Crippen LogP contribution is 2.27. The molecule has 5 rings (SSSR count). The van der Waals surface area contributed by atoms with Crippen molar-refractivity contribution in [3.8, 4) is 11.1 Å². The zero-order chi connectivity index (χ0) is 21.2. The number of rotatable bonds is 4. The van der Waals surface area contributed by atoms with Crippen LogP contribution in [0.15, 0.2) is 61.1 Å². The normalized spacial score (nSPS) is 15.3. The molecule has 0 atom stereocenters. The molecule has 0 spiro atoms. The van der Waals surface area contributed by atoms with E-state index in [0.29, 0.717) is 17.3 Å². The van der Waals surface area contributed by atoms with Crippen molar-refractivity contribution < 1.29 is 4.79 Å². The lowest BCUT2D eigenvalue weighted by Gasteiger charge is -2.28. The number of carbonyl (C=O) groups excluding carboxylic acids is 1. The molecule has 0 saturated carbocycles. The third-order valence-electron chi connectivity index (χ3n) is 5.95. The fourth-order valence-electron chi connectivity index (χ4n) is 4.12. The molecule has 7 nitrogen and oxygen atoms in total. The molecule has 0 unspecified atom stereocenters. The van der Waals surface area contributed by atoms with E-state index < -0.39 is 0 Å². The van der Waals surface area contributed by atoms with Crippen LogP contribution in [0, 0.1) is 0 Å². The van der Waals surface area contributed by atoms with Crippen molar-refractivity contribution in [1.29, 1.82) is 0 Å². The van der Waals surface area contributed by atoms with Gasteiger partial charge in [0.1, 0.15) is 0 Å². The lowest BCUT2D eigenvalue weighted by atomic mass is 9.93. The number of benzene rings is 1. The number of amides is 1. The third-order valence-corrected chi connectivity index (χ3v) is 5.95. The van der Waals surface area contributed by atoms with Crippen LogP contribution in [-0.4, -0.2) is 51.1 Å². The van der Waals surface area contributed by atoms with E-state index in [-0.39, 0.29) is 5.91 Å². The fraction of sp³-hybridized carbons (Fsp3) is 0.250. The first kappa shape index (κ1) is 19.4. The number of aromatic nitrogens is 4. The molecule has 0 aliphatic carbocycles. The Hall–Kier alpha value is -3.58. The Morgan fingerprint density at radius 3 is 2.71 bits per heavy atom. The van der Waals surface area contributed by atoms with Gasteiger partial charge in [0, 0.05) is 35.0 Å². The Bertz CT molecular complexity index is 1190. The average Bonchev–Trinajstić information content (AvgIpc) is 3.24. The monoisotopic (exact) mass is 412 g/mol. The van der Waals surface area contributed by atoms with Crippen molar-refractivity contribution >= 4 is 22.5 Å². The molecule has 1 saturated heterocycles. The maximum Gasteiger partial charge on any atom is 0.276 e. The smallest absolute Gasteiger partial charge is 0.276 e. The van der Waals surface area contributed by atoms with E-state index in [2.05, 4.69) is 37.4 Å². The Morgan fingerprint density at radius 2 is 1.97 bits per heavy atom. The van der Waals surface area contributed by atoms with Gasteiger partial charge in [-0.3, -0.25) is 19.9 Å². The Morgan fingerprint density at radius 1 is 1.10 bits per heavy atom. The average molecular weight is 412 g/mol. The number of H-pyrrole nitrogens is 1. The third kappa shape index (κ3) is 4.04. The van der Waals surface area contributed by atoms with Gasteiger partial charge >= 0.3 is 0 Å². The molecule has 2 N–H and O–H groups in total. The van der Waals surface area contributed by atoms with Gasteiger partial charge in [0.05, 0.1) is 17.4 Å². The van der Waals surface area contributed by atoms with Crippen molar-refractivity contribution in [2.75, 3.05) is 25.5 Å². The standard InChI is InChI=1S/C24H24N6O/c1-30-11-8-16(9-12-30)21-7-5-19(15-26-21)27-24(31)23-20-13-17(4-6-22(20)28-29-23)18-3-2-10-25-14-18/h2-7,10,13-16H,8-9,11-12H2,1H3,(H,27,31)(H,28,29). The molecule has 1 aliphatic rings. The minimum atomic E-state index is -0.261. The molecule has 0 bridgehead atoms. The van der Waals surface area contributed by atoms with Gasteiger partial charge in [-0.25, -0.2) is 0 Å². The van der Waals surface area contributed by atoms with Crippen LogP contribution in [0.5, 0.6) is 0 Å². The molecule has 1 aromatic carbocycles. The van der Waals surface area contributed by atoms with Crippen LogP contribution in [0.25, 0.3) is 22.0 Å². The number of carbonyl (C=O) groups is 1. The van der Waals surface area contributed by atoms with Gasteiger partial charge < -0.3 is 10.2 Å². The molecule has 0 radical (unpaired) electrons. The van der Waals surface area contributed by atoms with Crippen LogP contribution in [-0.2, 0) is 0 Å². The predicted octanol–water partition coefficient (Wildman–Crippen LogP) is 4.08. The number of nitrogens with one attached hydrogen (secondary N) is 2. The SMILES string of the molecule is CN1CCC(c2ccc(NC(=O)c3n[nH]c4ccc(-c5cccnc5)cc34)cn2)CC1. The summed E-state index contributed by atoms with van der Waals surface area (Å²) < 4.78 is 0. The van der Waals surface area contributed by atoms with Crippen LogP contribution < -0.4 is 5.32 Å². The van der Waals surface area contributed by atoms with Gasteiger partial charge in [0.15, 0.2) is 5.69 Å². The lowest BCUT2D eigenvalue weighted by Crippen LogP contribution is -2.29. The van der Waals surface area contributed by atoms with Crippen molar-refractivity contribution in [2.45, 2.75) is 18.8 Å². The fourth-order valence-corrected chi connectivity index (χ4v) is 4.12. The van der Waals surface area contributed by atoms with Crippen LogP contribution in [0.4, 0.5) is 5.69 Å². The molecule has 1 fully saturated rings. The van der Waals surface area contributed by atoms with Crippen molar-refractivity contribution in [2.24, 2.45) is 0 Å². The number of piperidine rings is 1. The minimum absolute atomic E-state index is 0.261. The topological polar surface area (TPSA) is 86.8 Å². The Kier molecular flexibility index (Phi) is 5.18. The maximum atomic E-state index is 12.9. The number of anilines is 1. The predicted molar refractivity (Wildman–Crippen MR) is 121 cm³/mol. The summed E-state index contributed by atoms with van der Waals surface area (Å²) in [6.45, 7) is 2.19. The largest absolute Gasteiger partial charge is 0.319 e. The van der Waals surface area contributed by atoms with Gasteiger partial charge in [0.25, 0.3) is 5.91 Å². The van der Waals surface area contributed by atoms with Crippen LogP contribution in [0.3, 0.4) is 0 Å². The minimum Gasteiger partial charge on any atom is -0.319 e. The number of likely N-dealkylation sites (tertiary alicyclic amines) is 1. The molecule has 1 aliphatic heterocycles. The number of pyridine rings is 2. The van der Waals surface area contributed by atoms with E-state index in [1.54, 1.807) is 18.6 Å². The first-order chi connectivity index (χ1) is 15.2. The van der Waals surface area contributed by atoms with Gasteiger partial charge in [-0.05, 0) is 68.9 Å². The highest BCUT2D eigenvalue weighted by atomic mass is 16.1. The van der Waals surface area contributed by atoms with E-state index in [1.807, 2.05) is 42.5 Å². The summed E-state index contributed by atoms with van der Waals surface area (Å²) in [7, 11) is 2.15. The van der Waals surface area contributed by atoms with Gasteiger partial charge in [-0.15, -0.1) is 0 Å². The lowest BCUT2D eigenvalue weighted by molar-refractivity contribution is 0.102. The highest BCUT2D eigenvalue weighted by Gasteiger charge is 2.20. The summed E-state index contributed by atoms with van der Waals surface area (Å²) >= 11 is 0. The molecule has 1 amide bonds. The van der Waals surface area contributed by atoms with E-state index in [9.17, 15) is 4.79 Å². The molecule has 7 heteroatoms. The quantitative estimate of drug-likeness (QED) is 0.527. The molecular weight excluding hydrogens is 388 g/mol. The summed E-state index contributed by atoms with van der Waals surface area (Å²) in [5.41, 5.74) is 4.91. The molecular formula is C24H24N6O. The molecule has 3 aromatic heterocycles. The van der Waals surface area contributed by atoms with E-state index >= 15 is 0 Å². The van der Waals surface area contributed by atoms with Crippen molar-refractivity contribution in [3.05, 3.63) is 72.4 Å². The zero-order valence-corrected chi connectivity index (χ0v) is 17.4. The first-order valence-electron chi connectivity index (χ1n) is 10.5. The number of nitrogens with zero attached hydrogens (tertiary/aromatic N) is 4. The highest BCUT2D eigenvalue weighted by molar-refractivity contribution is 6.11. The summed E-state index contributed by atoms with van der Waals surface area (Å²) in [6, 6.07) is 13.7. The molecule has 4 heterocycles. The summed E-state index contributed by atoms with van der Waals surface area (Å²) in [6.07, 6.45) is 7.52. The van der Waals surface area contributed by atoms with E-state index in [0.717, 1.165) is 53.7 Å². The van der Waals surface area contributed by atoms with E-state index in [4.69, 9.17) is 0 Å². The molecule has 4 aromatic rings. The summed E-state index contributed by atoms with van der Waals surface area (Å²) in [5.74, 6) is 0.227. The number of hydrogen-bond acceptors (Lipinski definition) is 5. The first-order valence-corrected chi connectivity index (χ1v) is 10.5. The van der Waals surface area contributed by atoms with E-state index in [1.165, 1.54) is 0 Å². The second-order valence-electron chi connectivity index (χ2n) is 8.08. The zero-order valence-electron chi connectivity index (χ0n) is 17.4. The van der Waals surface area contributed by atoms with Gasteiger partial charge in [-0.2, -0.15) is 5.10 Å². The summed E-state index contributed by atoms with van der Waals surface area (Å²) in [5, 5.41) is 10.9. The van der Waals surface area contributed by atoms with Crippen LogP contribution in [0.2, 0.25) is 0 Å². The second-order valence-corrected chi connectivity index (χ2v) is 8.08. The second kappa shape index (κ2) is 8.28. The Labute approximate surface area is 180 Å². The summed E-state index contributed by atoms with van der Waals surface area (Å²) in [4.78, 5) is 24.1. The number of hydrogen-bond donors (Lipinski definition) is 2. The molecule has 31 heavy (non-hydrogen) atoms. The Balaban J connectivity index is 1.34. The van der Waals surface area contributed by atoms with Gasteiger partial charge in [-0.1, -0.05) is 12.1 Å².